The monoisotopic (exact) mass is 275 g/mol. The Labute approximate surface area is 117 Å². The fourth-order valence-corrected chi connectivity index (χ4v) is 2.30. The van der Waals surface area contributed by atoms with E-state index in [1.807, 2.05) is 0 Å². The maximum absolute atomic E-state index is 12.1. The first-order valence-electron chi connectivity index (χ1n) is 6.60. The van der Waals surface area contributed by atoms with Crippen LogP contribution in [0, 0.1) is 11.8 Å². The van der Waals surface area contributed by atoms with E-state index < -0.39 is 5.97 Å². The van der Waals surface area contributed by atoms with Gasteiger partial charge in [0, 0.05) is 18.3 Å². The number of hydrogen-bond acceptors (Lipinski definition) is 3. The quantitative estimate of drug-likeness (QED) is 0.851. The zero-order valence-electron chi connectivity index (χ0n) is 11.5. The van der Waals surface area contributed by atoms with Crippen LogP contribution in [-0.2, 0) is 20.8 Å². The number of carbonyl (C=O) groups is 3. The van der Waals surface area contributed by atoms with Crippen LogP contribution >= 0.6 is 0 Å². The van der Waals surface area contributed by atoms with E-state index in [4.69, 9.17) is 5.11 Å². The van der Waals surface area contributed by atoms with Crippen LogP contribution in [0.4, 0.5) is 5.69 Å². The molecule has 0 spiro atoms. The Hall–Kier alpha value is -2.17. The zero-order chi connectivity index (χ0) is 14.9. The fourth-order valence-electron chi connectivity index (χ4n) is 2.30. The Bertz CT molecular complexity index is 547. The minimum absolute atomic E-state index is 0.0259. The van der Waals surface area contributed by atoms with Crippen molar-refractivity contribution in [2.75, 3.05) is 4.90 Å². The lowest BCUT2D eigenvalue weighted by Gasteiger charge is -2.15. The average molecular weight is 275 g/mol. The number of anilines is 1. The number of carbonyl (C=O) groups excluding carboxylic acids is 2. The molecule has 1 N–H and O–H groups in total. The highest BCUT2D eigenvalue weighted by Crippen LogP contribution is 2.30. The van der Waals surface area contributed by atoms with Crippen LogP contribution in [0.3, 0.4) is 0 Å². The van der Waals surface area contributed by atoms with Crippen molar-refractivity contribution < 1.29 is 19.5 Å². The van der Waals surface area contributed by atoms with Gasteiger partial charge in [0.1, 0.15) is 0 Å². The lowest BCUT2D eigenvalue weighted by molar-refractivity contribution is -0.137. The largest absolute Gasteiger partial charge is 0.481 e. The number of rotatable bonds is 4. The summed E-state index contributed by atoms with van der Waals surface area (Å²) in [5.74, 6) is -1.89. The van der Waals surface area contributed by atoms with E-state index in [0.29, 0.717) is 12.1 Å². The van der Waals surface area contributed by atoms with E-state index in [-0.39, 0.29) is 30.1 Å². The molecular formula is C15H17NO4. The van der Waals surface area contributed by atoms with E-state index in [2.05, 4.69) is 0 Å². The van der Waals surface area contributed by atoms with Crippen LogP contribution in [-0.4, -0.2) is 22.9 Å². The van der Waals surface area contributed by atoms with Gasteiger partial charge in [-0.05, 0) is 24.1 Å². The van der Waals surface area contributed by atoms with Crippen molar-refractivity contribution in [3.8, 4) is 0 Å². The van der Waals surface area contributed by atoms with E-state index in [0.717, 1.165) is 5.56 Å². The van der Waals surface area contributed by atoms with Crippen molar-refractivity contribution in [3.05, 3.63) is 29.8 Å². The van der Waals surface area contributed by atoms with Gasteiger partial charge in [-0.25, -0.2) is 0 Å². The van der Waals surface area contributed by atoms with Crippen LogP contribution in [0.25, 0.3) is 0 Å². The maximum atomic E-state index is 12.1. The summed E-state index contributed by atoms with van der Waals surface area (Å²) in [6, 6.07) is 6.94. The number of amides is 2. The first-order valence-corrected chi connectivity index (χ1v) is 6.60. The summed E-state index contributed by atoms with van der Waals surface area (Å²) in [6.07, 6.45) is 0.405. The minimum atomic E-state index is -0.869. The van der Waals surface area contributed by atoms with Crippen molar-refractivity contribution >= 4 is 23.5 Å². The molecule has 1 saturated heterocycles. The van der Waals surface area contributed by atoms with Gasteiger partial charge in [0.05, 0.1) is 5.69 Å². The molecule has 5 nitrogen and oxygen atoms in total. The lowest BCUT2D eigenvalue weighted by Crippen LogP contribution is -2.30. The number of carboxylic acid groups (broad SMARTS) is 1. The zero-order valence-corrected chi connectivity index (χ0v) is 11.5. The van der Waals surface area contributed by atoms with E-state index in [1.54, 1.807) is 38.1 Å². The topological polar surface area (TPSA) is 74.7 Å². The molecule has 2 atom stereocenters. The van der Waals surface area contributed by atoms with Gasteiger partial charge in [-0.3, -0.25) is 19.3 Å². The molecule has 0 bridgehead atoms. The molecule has 106 valence electrons. The highest BCUT2D eigenvalue weighted by Gasteiger charge is 2.42. The molecule has 0 aromatic heterocycles. The van der Waals surface area contributed by atoms with Crippen LogP contribution in [0.1, 0.15) is 25.8 Å². The lowest BCUT2D eigenvalue weighted by atomic mass is 10.00. The molecule has 2 unspecified atom stereocenters. The Balaban J connectivity index is 2.25. The predicted octanol–water partition coefficient (Wildman–Crippen LogP) is 1.85. The van der Waals surface area contributed by atoms with Gasteiger partial charge in [0.2, 0.25) is 11.8 Å². The number of imide groups is 1. The van der Waals surface area contributed by atoms with Gasteiger partial charge in [0.15, 0.2) is 0 Å². The number of aliphatic carboxylic acids is 1. The molecule has 1 aromatic rings. The van der Waals surface area contributed by atoms with E-state index in [1.165, 1.54) is 4.90 Å². The number of nitrogens with zero attached hydrogens (tertiary/aromatic N) is 1. The average Bonchev–Trinajstić information content (AvgIpc) is 2.61. The summed E-state index contributed by atoms with van der Waals surface area (Å²) in [5, 5.41) is 8.69. The van der Waals surface area contributed by atoms with Gasteiger partial charge in [0.25, 0.3) is 0 Å². The van der Waals surface area contributed by atoms with Gasteiger partial charge in [-0.1, -0.05) is 26.0 Å². The molecule has 1 aliphatic rings. The second-order valence-electron chi connectivity index (χ2n) is 5.15. The van der Waals surface area contributed by atoms with Gasteiger partial charge in [-0.2, -0.15) is 0 Å². The molecule has 2 rings (SSSR count). The van der Waals surface area contributed by atoms with Crippen molar-refractivity contribution in [2.24, 2.45) is 11.8 Å². The van der Waals surface area contributed by atoms with Crippen LogP contribution in [0.15, 0.2) is 24.3 Å². The molecule has 0 aliphatic carbocycles. The van der Waals surface area contributed by atoms with Crippen LogP contribution in [0.2, 0.25) is 0 Å². The Morgan fingerprint density at radius 3 is 2.35 bits per heavy atom. The summed E-state index contributed by atoms with van der Waals surface area (Å²) in [7, 11) is 0. The number of carboxylic acids is 1. The Morgan fingerprint density at radius 1 is 1.20 bits per heavy atom. The Morgan fingerprint density at radius 2 is 1.80 bits per heavy atom. The molecular weight excluding hydrogens is 258 g/mol. The fraction of sp³-hybridized carbons (Fsp3) is 0.400. The highest BCUT2D eigenvalue weighted by molar-refractivity contribution is 6.21. The van der Waals surface area contributed by atoms with Gasteiger partial charge < -0.3 is 5.11 Å². The van der Waals surface area contributed by atoms with Crippen LogP contribution in [0.5, 0.6) is 0 Å². The third kappa shape index (κ3) is 2.57. The number of hydrogen-bond donors (Lipinski definition) is 1. The third-order valence-electron chi connectivity index (χ3n) is 3.77. The molecule has 1 heterocycles. The normalized spacial score (nSPS) is 22.4. The summed E-state index contributed by atoms with van der Waals surface area (Å²) in [4.78, 5) is 36.0. The molecule has 1 aliphatic heterocycles. The highest BCUT2D eigenvalue weighted by atomic mass is 16.4. The molecule has 0 saturated carbocycles. The van der Waals surface area contributed by atoms with E-state index in [9.17, 15) is 14.4 Å². The molecule has 0 radical (unpaired) electrons. The first kappa shape index (κ1) is 14.2. The van der Waals surface area contributed by atoms with Crippen molar-refractivity contribution in [2.45, 2.75) is 26.7 Å². The van der Waals surface area contributed by atoms with Gasteiger partial charge in [-0.15, -0.1) is 0 Å². The van der Waals surface area contributed by atoms with Crippen molar-refractivity contribution in [1.29, 1.82) is 0 Å². The second-order valence-corrected chi connectivity index (χ2v) is 5.15. The summed E-state index contributed by atoms with van der Waals surface area (Å²) in [5.41, 5.74) is 1.33. The SMILES string of the molecule is CC1C(=O)N(c2cccc(CCC(=O)O)c2)C(=O)C1C. The standard InChI is InChI=1S/C15H17NO4/c1-9-10(2)15(20)16(14(9)19)12-5-3-4-11(8-12)6-7-13(17)18/h3-5,8-10H,6-7H2,1-2H3,(H,17,18). The summed E-state index contributed by atoms with van der Waals surface area (Å²) >= 11 is 0. The van der Waals surface area contributed by atoms with Crippen LogP contribution < -0.4 is 4.90 Å². The third-order valence-corrected chi connectivity index (χ3v) is 3.77. The number of benzene rings is 1. The Kier molecular flexibility index (Phi) is 3.88. The van der Waals surface area contributed by atoms with E-state index >= 15 is 0 Å². The summed E-state index contributed by atoms with van der Waals surface area (Å²) < 4.78 is 0. The molecule has 5 heteroatoms. The van der Waals surface area contributed by atoms with Crippen molar-refractivity contribution in [3.63, 3.8) is 0 Å². The van der Waals surface area contributed by atoms with Crippen molar-refractivity contribution in [1.82, 2.24) is 0 Å². The first-order chi connectivity index (χ1) is 9.41. The predicted molar refractivity (Wildman–Crippen MR) is 73.2 cm³/mol. The second kappa shape index (κ2) is 5.45. The molecule has 1 fully saturated rings. The maximum Gasteiger partial charge on any atom is 0.303 e. The molecule has 20 heavy (non-hydrogen) atoms. The smallest absolute Gasteiger partial charge is 0.303 e. The summed E-state index contributed by atoms with van der Waals surface area (Å²) in [6.45, 7) is 3.50. The van der Waals surface area contributed by atoms with Gasteiger partial charge >= 0.3 is 5.97 Å². The molecule has 1 aromatic carbocycles. The minimum Gasteiger partial charge on any atom is -0.481 e. The molecule has 2 amide bonds. The number of aryl methyl sites for hydroxylation is 1.